The van der Waals surface area contributed by atoms with Gasteiger partial charge < -0.3 is 24.0 Å². The molecule has 10 rings (SSSR count). The molecule has 0 aliphatic carbocycles. The Kier molecular flexibility index (Phi) is 5.04. The number of hydrogen-bond donors (Lipinski definition) is 0. The van der Waals surface area contributed by atoms with Gasteiger partial charge in [0, 0.05) is 60.2 Å². The number of benzene rings is 4. The number of hydrogen-bond acceptors (Lipinski definition) is 7. The van der Waals surface area contributed by atoms with Crippen LogP contribution in [-0.2, 0) is 0 Å². The Morgan fingerprint density at radius 1 is 0.783 bits per heavy atom. The maximum atomic E-state index is 6.67. The molecule has 7 nitrogen and oxygen atoms in total. The van der Waals surface area contributed by atoms with Crippen LogP contribution in [0.15, 0.2) is 115 Å². The van der Waals surface area contributed by atoms with Gasteiger partial charge in [-0.3, -0.25) is 0 Å². The number of rotatable bonds is 1. The first-order valence-electron chi connectivity index (χ1n) is 15.9. The van der Waals surface area contributed by atoms with Crippen molar-refractivity contribution >= 4 is 50.4 Å². The Bertz CT molecular complexity index is 2300. The van der Waals surface area contributed by atoms with E-state index in [1.807, 2.05) is 12.3 Å². The molecule has 4 unspecified atom stereocenters. The molecule has 0 saturated carbocycles. The number of furan rings is 1. The third-order valence-corrected chi connectivity index (χ3v) is 10.7. The summed E-state index contributed by atoms with van der Waals surface area (Å²) < 4.78 is 6.67. The van der Waals surface area contributed by atoms with Crippen LogP contribution in [0.5, 0.6) is 0 Å². The summed E-state index contributed by atoms with van der Waals surface area (Å²) in [6, 6.07) is 29.9. The summed E-state index contributed by atoms with van der Waals surface area (Å²) in [4.78, 5) is 19.9. The Morgan fingerprint density at radius 2 is 1.57 bits per heavy atom. The second kappa shape index (κ2) is 9.01. The standard InChI is InChI=1S/C39H32N6O/c1-22-11-5-6-12-24(22)36-40-21-30-37(41-36)45-29-15-9-7-13-25(29)23(2)32-28-18-17-27-26-14-8-10-16-31(26)46-35(27)34(28)44-20-19-42(3)38(44)33(32)39(45)43(30)4/h5-21,32-33,38-39H,2H2,1,3-4H3. The van der Waals surface area contributed by atoms with Crippen LogP contribution in [0.3, 0.4) is 0 Å². The summed E-state index contributed by atoms with van der Waals surface area (Å²) in [6.45, 7) is 7.00. The van der Waals surface area contributed by atoms with Gasteiger partial charge in [0.2, 0.25) is 0 Å². The van der Waals surface area contributed by atoms with Crippen molar-refractivity contribution in [1.29, 1.82) is 0 Å². The summed E-state index contributed by atoms with van der Waals surface area (Å²) >= 11 is 0. The number of nitrogens with zero attached hydrogens (tertiary/aromatic N) is 6. The van der Waals surface area contributed by atoms with Crippen LogP contribution in [0.2, 0.25) is 0 Å². The van der Waals surface area contributed by atoms with Crippen LogP contribution < -0.4 is 14.7 Å². The molecule has 0 amide bonds. The summed E-state index contributed by atoms with van der Waals surface area (Å²) in [5.74, 6) is 1.79. The maximum Gasteiger partial charge on any atom is 0.162 e. The molecule has 0 N–H and O–H groups in total. The van der Waals surface area contributed by atoms with Crippen LogP contribution in [0, 0.1) is 12.8 Å². The van der Waals surface area contributed by atoms with Gasteiger partial charge in [0.05, 0.1) is 17.6 Å². The van der Waals surface area contributed by atoms with E-state index in [9.17, 15) is 0 Å². The molecular formula is C39H32N6O. The fourth-order valence-corrected chi connectivity index (χ4v) is 8.64. The molecule has 6 aromatic rings. The number of anilines is 4. The Hall–Kier alpha value is -5.56. The molecule has 0 radical (unpaired) electrons. The molecule has 46 heavy (non-hydrogen) atoms. The third-order valence-electron chi connectivity index (χ3n) is 10.7. The summed E-state index contributed by atoms with van der Waals surface area (Å²) in [5.41, 5.74) is 10.8. The van der Waals surface area contributed by atoms with E-state index >= 15 is 0 Å². The van der Waals surface area contributed by atoms with Gasteiger partial charge in [-0.05, 0) is 35.8 Å². The van der Waals surface area contributed by atoms with Gasteiger partial charge in [-0.15, -0.1) is 0 Å². The van der Waals surface area contributed by atoms with Gasteiger partial charge >= 0.3 is 0 Å². The second-order valence-corrected chi connectivity index (χ2v) is 13.0. The molecule has 6 heterocycles. The van der Waals surface area contributed by atoms with Gasteiger partial charge in [0.1, 0.15) is 23.6 Å². The molecule has 224 valence electrons. The van der Waals surface area contributed by atoms with Crippen molar-refractivity contribution in [2.75, 3.05) is 28.8 Å². The van der Waals surface area contributed by atoms with E-state index in [0.717, 1.165) is 72.9 Å². The summed E-state index contributed by atoms with van der Waals surface area (Å²) in [5, 5.41) is 2.28. The quantitative estimate of drug-likeness (QED) is 0.188. The van der Waals surface area contributed by atoms with Gasteiger partial charge in [0.15, 0.2) is 17.2 Å². The first-order valence-corrected chi connectivity index (χ1v) is 15.9. The Labute approximate surface area is 267 Å². The number of aryl methyl sites for hydroxylation is 1. The number of aromatic nitrogens is 2. The van der Waals surface area contributed by atoms with Crippen molar-refractivity contribution in [2.24, 2.45) is 5.92 Å². The minimum atomic E-state index is -0.0452. The highest BCUT2D eigenvalue weighted by Gasteiger charge is 2.56. The van der Waals surface area contributed by atoms with Crippen molar-refractivity contribution in [1.82, 2.24) is 14.9 Å². The number of para-hydroxylation sites is 2. The maximum absolute atomic E-state index is 6.67. The minimum Gasteiger partial charge on any atom is -0.454 e. The number of allylic oxidation sites excluding steroid dienone is 1. The third kappa shape index (κ3) is 3.17. The molecule has 4 aromatic carbocycles. The highest BCUT2D eigenvalue weighted by atomic mass is 16.3. The van der Waals surface area contributed by atoms with Crippen LogP contribution in [0.25, 0.3) is 38.9 Å². The lowest BCUT2D eigenvalue weighted by molar-refractivity contribution is 0.204. The van der Waals surface area contributed by atoms with E-state index in [-0.39, 0.29) is 24.2 Å². The second-order valence-electron chi connectivity index (χ2n) is 13.0. The average molecular weight is 601 g/mol. The van der Waals surface area contributed by atoms with Crippen molar-refractivity contribution in [2.45, 2.75) is 25.2 Å². The first-order chi connectivity index (χ1) is 22.5. The normalized spacial score (nSPS) is 22.5. The van der Waals surface area contributed by atoms with Crippen molar-refractivity contribution < 1.29 is 4.42 Å². The zero-order valence-corrected chi connectivity index (χ0v) is 25.9. The van der Waals surface area contributed by atoms with Gasteiger partial charge in [-0.2, -0.15) is 0 Å². The predicted molar refractivity (Wildman–Crippen MR) is 185 cm³/mol. The summed E-state index contributed by atoms with van der Waals surface area (Å²) in [6.07, 6.45) is 6.40. The van der Waals surface area contributed by atoms with Gasteiger partial charge in [-0.1, -0.05) is 79.4 Å². The predicted octanol–water partition coefficient (Wildman–Crippen LogP) is 8.25. The van der Waals surface area contributed by atoms with E-state index in [4.69, 9.17) is 21.0 Å². The largest absolute Gasteiger partial charge is 0.454 e. The molecule has 0 spiro atoms. The van der Waals surface area contributed by atoms with Crippen LogP contribution in [-0.4, -0.2) is 41.3 Å². The Morgan fingerprint density at radius 3 is 2.43 bits per heavy atom. The van der Waals surface area contributed by atoms with E-state index in [0.29, 0.717) is 0 Å². The lowest BCUT2D eigenvalue weighted by Crippen LogP contribution is -2.58. The van der Waals surface area contributed by atoms with E-state index in [1.54, 1.807) is 0 Å². The monoisotopic (exact) mass is 600 g/mol. The zero-order chi connectivity index (χ0) is 30.8. The molecule has 4 aliphatic rings. The van der Waals surface area contributed by atoms with E-state index < -0.39 is 0 Å². The van der Waals surface area contributed by atoms with E-state index in [2.05, 4.69) is 132 Å². The van der Waals surface area contributed by atoms with Crippen LogP contribution in [0.1, 0.15) is 22.6 Å². The van der Waals surface area contributed by atoms with Crippen molar-refractivity contribution in [3.63, 3.8) is 0 Å². The van der Waals surface area contributed by atoms with Crippen molar-refractivity contribution in [3.8, 4) is 11.4 Å². The molecular weight excluding hydrogens is 568 g/mol. The van der Waals surface area contributed by atoms with E-state index in [1.165, 1.54) is 5.56 Å². The molecule has 7 heteroatoms. The molecule has 2 aromatic heterocycles. The summed E-state index contributed by atoms with van der Waals surface area (Å²) in [7, 11) is 4.38. The SMILES string of the molecule is C=C1c2ccccc2N2c3nc(-c4ccccc4C)ncc3N(C)C2C2C1c1ccc3c(oc4ccccc43)c1N1C=CN(C)C21. The first kappa shape index (κ1) is 25.7. The lowest BCUT2D eigenvalue weighted by Gasteiger charge is -2.50. The average Bonchev–Trinajstić information content (AvgIpc) is 3.72. The van der Waals surface area contributed by atoms with Gasteiger partial charge in [-0.25, -0.2) is 9.97 Å². The van der Waals surface area contributed by atoms with Crippen LogP contribution in [0.4, 0.5) is 22.9 Å². The highest BCUT2D eigenvalue weighted by Crippen LogP contribution is 2.60. The smallest absolute Gasteiger partial charge is 0.162 e. The highest BCUT2D eigenvalue weighted by molar-refractivity contribution is 6.10. The minimum absolute atomic E-state index is 0.0212. The Balaban J connectivity index is 1.24. The molecule has 0 fully saturated rings. The molecule has 0 saturated heterocycles. The molecule has 0 bridgehead atoms. The lowest BCUT2D eigenvalue weighted by atomic mass is 9.72. The number of fused-ring (bicyclic) bond motifs is 16. The topological polar surface area (TPSA) is 51.9 Å². The fourth-order valence-electron chi connectivity index (χ4n) is 8.64. The molecule has 4 atom stereocenters. The van der Waals surface area contributed by atoms with Crippen molar-refractivity contribution in [3.05, 3.63) is 127 Å². The van der Waals surface area contributed by atoms with Gasteiger partial charge in [0.25, 0.3) is 0 Å². The van der Waals surface area contributed by atoms with Crippen LogP contribution >= 0.6 is 0 Å². The fraction of sp³-hybridized carbons (Fsp3) is 0.179. The zero-order valence-electron chi connectivity index (χ0n) is 25.9. The molecule has 4 aliphatic heterocycles.